The van der Waals surface area contributed by atoms with Gasteiger partial charge in [-0.1, -0.05) is 19.9 Å². The van der Waals surface area contributed by atoms with Gasteiger partial charge in [0.1, 0.15) is 5.83 Å². The van der Waals surface area contributed by atoms with Crippen LogP contribution in [0.15, 0.2) is 39.7 Å². The van der Waals surface area contributed by atoms with E-state index in [0.29, 0.717) is 0 Å². The smallest absolute Gasteiger partial charge is 0.123 e. The van der Waals surface area contributed by atoms with Gasteiger partial charge in [0.25, 0.3) is 0 Å². The second-order valence-electron chi connectivity index (χ2n) is 6.56. The molecule has 0 atom stereocenters. The van der Waals surface area contributed by atoms with Gasteiger partial charge in [-0.25, -0.2) is 4.39 Å². The van der Waals surface area contributed by atoms with E-state index in [1.54, 1.807) is 6.08 Å². The number of dihydropyridines is 1. The molecule has 0 aromatic carbocycles. The Labute approximate surface area is 116 Å². The van der Waals surface area contributed by atoms with Crippen LogP contribution in [0.4, 0.5) is 4.39 Å². The van der Waals surface area contributed by atoms with Crippen LogP contribution in [0.25, 0.3) is 0 Å². The van der Waals surface area contributed by atoms with Crippen molar-refractivity contribution >= 4 is 5.71 Å². The highest BCUT2D eigenvalue weighted by Crippen LogP contribution is 2.51. The molecule has 1 nitrogen and oxygen atoms in total. The fourth-order valence-corrected chi connectivity index (χ4v) is 2.88. The summed E-state index contributed by atoms with van der Waals surface area (Å²) in [6.45, 7) is 12.5. The number of nitrogens with zero attached hydrogens (tertiary/aromatic N) is 1. The standard InChI is InChI=1S/C17H24FN/c1-7-11(2)15-12-9-8-10-13(18)14(12)16(3,4)17(5,6)19-15/h7,10H,8-9H2,1-6H3/b11-7+. The summed E-state index contributed by atoms with van der Waals surface area (Å²) < 4.78 is 14.4. The van der Waals surface area contributed by atoms with Gasteiger partial charge in [-0.2, -0.15) is 0 Å². The van der Waals surface area contributed by atoms with Gasteiger partial charge in [-0.3, -0.25) is 4.99 Å². The molecule has 0 saturated heterocycles. The van der Waals surface area contributed by atoms with Crippen molar-refractivity contribution in [2.45, 2.75) is 59.9 Å². The van der Waals surface area contributed by atoms with E-state index in [2.05, 4.69) is 40.7 Å². The third kappa shape index (κ3) is 2.01. The van der Waals surface area contributed by atoms with Gasteiger partial charge >= 0.3 is 0 Å². The zero-order valence-electron chi connectivity index (χ0n) is 12.9. The van der Waals surface area contributed by atoms with Gasteiger partial charge in [0.2, 0.25) is 0 Å². The van der Waals surface area contributed by atoms with Crippen molar-refractivity contribution in [2.75, 3.05) is 0 Å². The fourth-order valence-electron chi connectivity index (χ4n) is 2.88. The third-order valence-electron chi connectivity index (χ3n) is 4.90. The van der Waals surface area contributed by atoms with Crippen molar-refractivity contribution < 1.29 is 4.39 Å². The Morgan fingerprint density at radius 1 is 1.32 bits per heavy atom. The Balaban J connectivity index is 2.72. The highest BCUT2D eigenvalue weighted by molar-refractivity contribution is 6.14. The lowest BCUT2D eigenvalue weighted by atomic mass is 9.63. The summed E-state index contributed by atoms with van der Waals surface area (Å²) in [5, 5.41) is 0. The number of aliphatic imine (C=N–C) groups is 1. The number of allylic oxidation sites excluding steroid dienone is 5. The van der Waals surface area contributed by atoms with Crippen LogP contribution in [0.1, 0.15) is 54.4 Å². The summed E-state index contributed by atoms with van der Waals surface area (Å²) in [7, 11) is 0. The number of halogens is 1. The summed E-state index contributed by atoms with van der Waals surface area (Å²) in [6.07, 6.45) is 5.46. The largest absolute Gasteiger partial charge is 0.278 e. The molecule has 0 bridgehead atoms. The monoisotopic (exact) mass is 261 g/mol. The van der Waals surface area contributed by atoms with Crippen LogP contribution >= 0.6 is 0 Å². The highest BCUT2D eigenvalue weighted by Gasteiger charge is 2.47. The summed E-state index contributed by atoms with van der Waals surface area (Å²) in [4.78, 5) is 4.95. The normalized spacial score (nSPS) is 25.7. The summed E-state index contributed by atoms with van der Waals surface area (Å²) in [6, 6.07) is 0. The van der Waals surface area contributed by atoms with Crippen LogP contribution in [-0.4, -0.2) is 11.3 Å². The Morgan fingerprint density at radius 2 is 1.95 bits per heavy atom. The molecule has 1 heterocycles. The first-order valence-corrected chi connectivity index (χ1v) is 7.05. The molecule has 0 saturated carbocycles. The molecule has 2 heteroatoms. The SMILES string of the molecule is C/C=C(\C)C1=NC(C)(C)C(C)(C)C2=C1CCC=C2F. The van der Waals surface area contributed by atoms with Crippen molar-refractivity contribution in [3.05, 3.63) is 34.7 Å². The van der Waals surface area contributed by atoms with Crippen molar-refractivity contribution in [3.8, 4) is 0 Å². The Bertz CT molecular complexity index is 527. The zero-order valence-corrected chi connectivity index (χ0v) is 12.9. The van der Waals surface area contributed by atoms with Crippen molar-refractivity contribution in [2.24, 2.45) is 10.4 Å². The molecule has 0 aromatic rings. The lowest BCUT2D eigenvalue weighted by Crippen LogP contribution is -2.44. The second kappa shape index (κ2) is 4.43. The number of hydrogen-bond acceptors (Lipinski definition) is 1. The minimum absolute atomic E-state index is 0.0457. The van der Waals surface area contributed by atoms with Crippen LogP contribution in [0, 0.1) is 5.41 Å². The average Bonchev–Trinajstić information content (AvgIpc) is 2.33. The molecule has 2 aliphatic rings. The van der Waals surface area contributed by atoms with Crippen molar-refractivity contribution in [3.63, 3.8) is 0 Å². The molecule has 2 rings (SSSR count). The minimum Gasteiger partial charge on any atom is -0.278 e. The van der Waals surface area contributed by atoms with E-state index in [9.17, 15) is 4.39 Å². The maximum Gasteiger partial charge on any atom is 0.123 e. The van der Waals surface area contributed by atoms with E-state index in [4.69, 9.17) is 4.99 Å². The number of hydrogen-bond donors (Lipinski definition) is 0. The van der Waals surface area contributed by atoms with Gasteiger partial charge in [0.15, 0.2) is 0 Å². The van der Waals surface area contributed by atoms with E-state index < -0.39 is 0 Å². The second-order valence-corrected chi connectivity index (χ2v) is 6.56. The molecular weight excluding hydrogens is 237 g/mol. The van der Waals surface area contributed by atoms with Crippen molar-refractivity contribution in [1.29, 1.82) is 0 Å². The first-order valence-electron chi connectivity index (χ1n) is 7.05. The topological polar surface area (TPSA) is 12.4 Å². The molecule has 1 aliphatic carbocycles. The Kier molecular flexibility index (Phi) is 3.32. The molecule has 0 spiro atoms. The van der Waals surface area contributed by atoms with E-state index in [1.807, 2.05) is 6.92 Å². The summed E-state index contributed by atoms with van der Waals surface area (Å²) in [5.41, 5.74) is 3.56. The van der Waals surface area contributed by atoms with Gasteiger partial charge in [0, 0.05) is 11.0 Å². The molecule has 0 unspecified atom stereocenters. The summed E-state index contributed by atoms with van der Waals surface area (Å²) in [5.74, 6) is -0.0457. The van der Waals surface area contributed by atoms with Crippen LogP contribution in [0.2, 0.25) is 0 Å². The number of rotatable bonds is 1. The first-order chi connectivity index (χ1) is 8.72. The molecule has 0 amide bonds. The van der Waals surface area contributed by atoms with Gasteiger partial charge in [-0.15, -0.1) is 0 Å². The van der Waals surface area contributed by atoms with E-state index in [-0.39, 0.29) is 16.8 Å². The van der Waals surface area contributed by atoms with Gasteiger partial charge < -0.3 is 0 Å². The maximum atomic E-state index is 14.4. The van der Waals surface area contributed by atoms with Crippen LogP contribution in [-0.2, 0) is 0 Å². The molecule has 1 aliphatic heterocycles. The summed E-state index contributed by atoms with van der Waals surface area (Å²) >= 11 is 0. The highest BCUT2D eigenvalue weighted by atomic mass is 19.1. The van der Waals surface area contributed by atoms with E-state index in [0.717, 1.165) is 35.3 Å². The Hall–Kier alpha value is -1.18. The molecule has 104 valence electrons. The van der Waals surface area contributed by atoms with Gasteiger partial charge in [-0.05, 0) is 57.8 Å². The minimum atomic E-state index is -0.298. The van der Waals surface area contributed by atoms with Crippen LogP contribution < -0.4 is 0 Å². The molecule has 19 heavy (non-hydrogen) atoms. The van der Waals surface area contributed by atoms with Crippen LogP contribution in [0.3, 0.4) is 0 Å². The lowest BCUT2D eigenvalue weighted by Gasteiger charge is -2.46. The lowest BCUT2D eigenvalue weighted by molar-refractivity contribution is 0.244. The van der Waals surface area contributed by atoms with E-state index >= 15 is 0 Å². The molecule has 0 N–H and O–H groups in total. The average molecular weight is 261 g/mol. The zero-order chi connectivity index (χ0) is 14.4. The molecule has 0 aromatic heterocycles. The predicted octanol–water partition coefficient (Wildman–Crippen LogP) is 5.16. The maximum absolute atomic E-state index is 14.4. The van der Waals surface area contributed by atoms with Crippen molar-refractivity contribution in [1.82, 2.24) is 0 Å². The van der Waals surface area contributed by atoms with Gasteiger partial charge in [0.05, 0.1) is 11.3 Å². The predicted molar refractivity (Wildman–Crippen MR) is 80.2 cm³/mol. The Morgan fingerprint density at radius 3 is 2.53 bits per heavy atom. The quantitative estimate of drug-likeness (QED) is 0.618. The third-order valence-corrected chi connectivity index (χ3v) is 4.90. The molecular formula is C17H24FN. The van der Waals surface area contributed by atoms with Crippen LogP contribution in [0.5, 0.6) is 0 Å². The molecule has 0 fully saturated rings. The first kappa shape index (κ1) is 14.2. The van der Waals surface area contributed by atoms with E-state index in [1.165, 1.54) is 0 Å². The fraction of sp³-hybridized carbons (Fsp3) is 0.588. The molecule has 0 radical (unpaired) electrons.